The van der Waals surface area contributed by atoms with Crippen molar-refractivity contribution < 1.29 is 14.3 Å². The molecular formula is C21H33N3O3. The van der Waals surface area contributed by atoms with Gasteiger partial charge in [-0.15, -0.1) is 0 Å². The van der Waals surface area contributed by atoms with Crippen LogP contribution in [0.3, 0.4) is 0 Å². The zero-order valence-corrected chi connectivity index (χ0v) is 16.7. The molecule has 1 aliphatic rings. The van der Waals surface area contributed by atoms with Gasteiger partial charge < -0.3 is 20.3 Å². The van der Waals surface area contributed by atoms with Crippen LogP contribution in [0.1, 0.15) is 33.6 Å². The molecule has 150 valence electrons. The Balaban J connectivity index is 1.87. The molecule has 2 N–H and O–H groups in total. The van der Waals surface area contributed by atoms with Crippen molar-refractivity contribution in [3.63, 3.8) is 0 Å². The Bertz CT molecular complexity index is 590. The molecule has 0 aromatic heterocycles. The predicted octanol–water partition coefficient (Wildman–Crippen LogP) is 2.05. The summed E-state index contributed by atoms with van der Waals surface area (Å²) in [5, 5.41) is 6.01. The molecule has 1 aromatic carbocycles. The van der Waals surface area contributed by atoms with Gasteiger partial charge in [0.15, 0.2) is 0 Å². The zero-order chi connectivity index (χ0) is 19.6. The number of amides is 2. The van der Waals surface area contributed by atoms with Crippen LogP contribution < -0.4 is 15.4 Å². The van der Waals surface area contributed by atoms with Crippen LogP contribution in [0.2, 0.25) is 0 Å². The Morgan fingerprint density at radius 1 is 1.15 bits per heavy atom. The number of carbonyl (C=O) groups excluding carboxylic acids is 2. The minimum absolute atomic E-state index is 0.0307. The van der Waals surface area contributed by atoms with Crippen LogP contribution in [0.15, 0.2) is 30.3 Å². The third kappa shape index (κ3) is 6.86. The summed E-state index contributed by atoms with van der Waals surface area (Å²) in [6.45, 7) is 9.73. The Hall–Kier alpha value is -2.08. The Labute approximate surface area is 162 Å². The summed E-state index contributed by atoms with van der Waals surface area (Å²) in [4.78, 5) is 26.5. The Morgan fingerprint density at radius 3 is 2.48 bits per heavy atom. The van der Waals surface area contributed by atoms with Crippen LogP contribution in [0.4, 0.5) is 0 Å². The standard InChI is InChI=1S/C21H33N3O3/c1-4-24(5-2)12-11-22-21(26)19-13-17(14-20(19)23-16(3)25)15-27-18-9-7-6-8-10-18/h6-10,17,19-20H,4-5,11-15H2,1-3H3,(H,22,26)(H,23,25)/t17-,19-,20-/m1/s1. The van der Waals surface area contributed by atoms with E-state index in [0.717, 1.165) is 38.2 Å². The summed E-state index contributed by atoms with van der Waals surface area (Å²) >= 11 is 0. The maximum Gasteiger partial charge on any atom is 0.225 e. The molecular weight excluding hydrogens is 342 g/mol. The zero-order valence-electron chi connectivity index (χ0n) is 16.7. The number of rotatable bonds is 10. The highest BCUT2D eigenvalue weighted by atomic mass is 16.5. The van der Waals surface area contributed by atoms with Crippen LogP contribution >= 0.6 is 0 Å². The number of nitrogens with zero attached hydrogens (tertiary/aromatic N) is 1. The maximum absolute atomic E-state index is 12.7. The fourth-order valence-electron chi connectivity index (χ4n) is 3.73. The number of benzene rings is 1. The molecule has 27 heavy (non-hydrogen) atoms. The maximum atomic E-state index is 12.7. The third-order valence-corrected chi connectivity index (χ3v) is 5.24. The van der Waals surface area contributed by atoms with E-state index in [1.807, 2.05) is 30.3 Å². The lowest BCUT2D eigenvalue weighted by molar-refractivity contribution is -0.126. The van der Waals surface area contributed by atoms with Gasteiger partial charge in [-0.3, -0.25) is 9.59 Å². The molecule has 1 saturated carbocycles. The van der Waals surface area contributed by atoms with E-state index in [4.69, 9.17) is 4.74 Å². The van der Waals surface area contributed by atoms with E-state index in [0.29, 0.717) is 13.2 Å². The molecule has 0 aliphatic heterocycles. The summed E-state index contributed by atoms with van der Waals surface area (Å²) in [6, 6.07) is 9.57. The average Bonchev–Trinajstić information content (AvgIpc) is 3.06. The van der Waals surface area contributed by atoms with Gasteiger partial charge in [0.25, 0.3) is 0 Å². The summed E-state index contributed by atoms with van der Waals surface area (Å²) in [5.41, 5.74) is 0. The lowest BCUT2D eigenvalue weighted by Gasteiger charge is -2.21. The van der Waals surface area contributed by atoms with Gasteiger partial charge >= 0.3 is 0 Å². The summed E-state index contributed by atoms with van der Waals surface area (Å²) in [6.07, 6.45) is 1.50. The van der Waals surface area contributed by atoms with Crippen LogP contribution in [0.25, 0.3) is 0 Å². The van der Waals surface area contributed by atoms with Crippen LogP contribution in [0, 0.1) is 11.8 Å². The highest BCUT2D eigenvalue weighted by Crippen LogP contribution is 2.32. The van der Waals surface area contributed by atoms with Crippen molar-refractivity contribution in [3.8, 4) is 5.75 Å². The van der Waals surface area contributed by atoms with Crippen molar-refractivity contribution in [1.82, 2.24) is 15.5 Å². The molecule has 6 heteroatoms. The lowest BCUT2D eigenvalue weighted by Crippen LogP contribution is -2.44. The highest BCUT2D eigenvalue weighted by Gasteiger charge is 2.39. The number of ether oxygens (including phenoxy) is 1. The lowest BCUT2D eigenvalue weighted by atomic mass is 10.0. The first-order valence-corrected chi connectivity index (χ1v) is 9.98. The van der Waals surface area contributed by atoms with Crippen molar-refractivity contribution in [2.45, 2.75) is 39.7 Å². The first-order valence-electron chi connectivity index (χ1n) is 9.98. The Kier molecular flexibility index (Phi) is 8.58. The summed E-state index contributed by atoms with van der Waals surface area (Å²) in [5.74, 6) is 0.824. The minimum Gasteiger partial charge on any atom is -0.493 e. The summed E-state index contributed by atoms with van der Waals surface area (Å²) in [7, 11) is 0. The van der Waals surface area contributed by atoms with Crippen LogP contribution in [-0.2, 0) is 9.59 Å². The van der Waals surface area contributed by atoms with Crippen molar-refractivity contribution >= 4 is 11.8 Å². The molecule has 2 rings (SSSR count). The normalized spacial score (nSPS) is 21.9. The molecule has 2 amide bonds. The van der Waals surface area contributed by atoms with E-state index in [-0.39, 0.29) is 29.7 Å². The van der Waals surface area contributed by atoms with E-state index in [2.05, 4.69) is 29.4 Å². The quantitative estimate of drug-likeness (QED) is 0.657. The second-order valence-corrected chi connectivity index (χ2v) is 7.19. The molecule has 6 nitrogen and oxygen atoms in total. The second kappa shape index (κ2) is 10.9. The fourth-order valence-corrected chi connectivity index (χ4v) is 3.73. The van der Waals surface area contributed by atoms with Gasteiger partial charge in [0, 0.05) is 26.1 Å². The van der Waals surface area contributed by atoms with Crippen molar-refractivity contribution in [1.29, 1.82) is 0 Å². The molecule has 1 fully saturated rings. The van der Waals surface area contributed by atoms with Crippen LogP contribution in [0.5, 0.6) is 5.75 Å². The van der Waals surface area contributed by atoms with Gasteiger partial charge in [-0.05, 0) is 44.0 Å². The van der Waals surface area contributed by atoms with Gasteiger partial charge in [-0.1, -0.05) is 32.0 Å². The van der Waals surface area contributed by atoms with E-state index in [1.54, 1.807) is 0 Å². The number of hydrogen-bond acceptors (Lipinski definition) is 4. The van der Waals surface area contributed by atoms with Gasteiger partial charge in [-0.2, -0.15) is 0 Å². The topological polar surface area (TPSA) is 70.7 Å². The molecule has 0 unspecified atom stereocenters. The number of nitrogens with one attached hydrogen (secondary N) is 2. The van der Waals surface area contributed by atoms with E-state index in [9.17, 15) is 9.59 Å². The number of hydrogen-bond donors (Lipinski definition) is 2. The predicted molar refractivity (Wildman–Crippen MR) is 107 cm³/mol. The monoisotopic (exact) mass is 375 g/mol. The SMILES string of the molecule is CCN(CC)CCNC(=O)[C@@H]1C[C@@H](COc2ccccc2)C[C@H]1NC(C)=O. The molecule has 0 radical (unpaired) electrons. The van der Waals surface area contributed by atoms with Crippen molar-refractivity contribution in [3.05, 3.63) is 30.3 Å². The van der Waals surface area contributed by atoms with E-state index >= 15 is 0 Å². The number of carbonyl (C=O) groups is 2. The molecule has 0 bridgehead atoms. The molecule has 1 aliphatic carbocycles. The molecule has 0 saturated heterocycles. The molecule has 1 aromatic rings. The van der Waals surface area contributed by atoms with Gasteiger partial charge in [-0.25, -0.2) is 0 Å². The minimum atomic E-state index is -0.199. The van der Waals surface area contributed by atoms with Crippen molar-refractivity contribution in [2.75, 3.05) is 32.8 Å². The second-order valence-electron chi connectivity index (χ2n) is 7.19. The first kappa shape index (κ1) is 21.2. The van der Waals surface area contributed by atoms with Gasteiger partial charge in [0.1, 0.15) is 5.75 Å². The first-order chi connectivity index (χ1) is 13.0. The highest BCUT2D eigenvalue weighted by molar-refractivity contribution is 5.81. The van der Waals surface area contributed by atoms with Gasteiger partial charge in [0.2, 0.25) is 11.8 Å². The fraction of sp³-hybridized carbons (Fsp3) is 0.619. The smallest absolute Gasteiger partial charge is 0.225 e. The summed E-state index contributed by atoms with van der Waals surface area (Å²) < 4.78 is 5.86. The average molecular weight is 376 g/mol. The molecule has 3 atom stereocenters. The molecule has 0 heterocycles. The van der Waals surface area contributed by atoms with Crippen LogP contribution in [-0.4, -0.2) is 55.5 Å². The Morgan fingerprint density at radius 2 is 1.85 bits per heavy atom. The largest absolute Gasteiger partial charge is 0.493 e. The van der Waals surface area contributed by atoms with E-state index in [1.165, 1.54) is 6.92 Å². The molecule has 0 spiro atoms. The van der Waals surface area contributed by atoms with E-state index < -0.39 is 0 Å². The van der Waals surface area contributed by atoms with Crippen molar-refractivity contribution in [2.24, 2.45) is 11.8 Å². The third-order valence-electron chi connectivity index (χ3n) is 5.24. The number of para-hydroxylation sites is 1. The number of likely N-dealkylation sites (N-methyl/N-ethyl adjacent to an activating group) is 1. The van der Waals surface area contributed by atoms with Gasteiger partial charge in [0.05, 0.1) is 12.5 Å².